The van der Waals surface area contributed by atoms with E-state index in [1.165, 1.54) is 6.07 Å². The van der Waals surface area contributed by atoms with E-state index in [0.717, 1.165) is 5.69 Å². The molecule has 0 aliphatic heterocycles. The van der Waals surface area contributed by atoms with Crippen LogP contribution < -0.4 is 15.5 Å². The Morgan fingerprint density at radius 1 is 1.40 bits per heavy atom. The Morgan fingerprint density at radius 3 is 2.80 bits per heavy atom. The lowest BCUT2D eigenvalue weighted by molar-refractivity contribution is -0.118. The highest BCUT2D eigenvalue weighted by Crippen LogP contribution is 2.06. The zero-order valence-electron chi connectivity index (χ0n) is 11.3. The molecule has 0 bridgehead atoms. The lowest BCUT2D eigenvalue weighted by atomic mass is 10.3. The number of aryl methyl sites for hydroxylation is 2. The number of anilines is 1. The molecule has 0 fully saturated rings. The van der Waals surface area contributed by atoms with Gasteiger partial charge in [0.2, 0.25) is 5.43 Å². The van der Waals surface area contributed by atoms with Gasteiger partial charge in [0.1, 0.15) is 0 Å². The predicted octanol–water partition coefficient (Wildman–Crippen LogP) is 1.11. The van der Waals surface area contributed by atoms with E-state index in [1.807, 2.05) is 6.92 Å². The number of rotatable bonds is 4. The van der Waals surface area contributed by atoms with Crippen LogP contribution in [0.15, 0.2) is 41.6 Å². The van der Waals surface area contributed by atoms with Crippen molar-refractivity contribution in [2.24, 2.45) is 7.05 Å². The average Bonchev–Trinajstić information content (AvgIpc) is 2.42. The molecule has 0 saturated heterocycles. The summed E-state index contributed by atoms with van der Waals surface area (Å²) in [5.74, 6) is -0.179. The summed E-state index contributed by atoms with van der Waals surface area (Å²) in [5.41, 5.74) is 1.21. The first-order chi connectivity index (χ1) is 9.56. The quantitative estimate of drug-likeness (QED) is 0.905. The molecule has 2 aromatic heterocycles. The van der Waals surface area contributed by atoms with Crippen LogP contribution in [-0.4, -0.2) is 22.1 Å². The van der Waals surface area contributed by atoms with E-state index in [-0.39, 0.29) is 23.7 Å². The molecule has 6 nitrogen and oxygen atoms in total. The molecular weight excluding hydrogens is 258 g/mol. The van der Waals surface area contributed by atoms with Crippen molar-refractivity contribution in [3.8, 4) is 5.75 Å². The molecular formula is C14H15N3O3. The van der Waals surface area contributed by atoms with Gasteiger partial charge in [0.15, 0.2) is 12.4 Å². The van der Waals surface area contributed by atoms with E-state index in [9.17, 15) is 9.59 Å². The molecule has 0 saturated carbocycles. The van der Waals surface area contributed by atoms with E-state index < -0.39 is 0 Å². The summed E-state index contributed by atoms with van der Waals surface area (Å²) in [7, 11) is 1.80. The van der Waals surface area contributed by atoms with Crippen LogP contribution in [0.3, 0.4) is 0 Å². The molecule has 1 amide bonds. The van der Waals surface area contributed by atoms with Crippen LogP contribution in [0.1, 0.15) is 5.69 Å². The first-order valence-corrected chi connectivity index (χ1v) is 6.06. The molecule has 0 unspecified atom stereocenters. The number of nitrogens with zero attached hydrogens (tertiary/aromatic N) is 2. The maximum absolute atomic E-state index is 11.7. The highest BCUT2D eigenvalue weighted by atomic mass is 16.5. The van der Waals surface area contributed by atoms with Crippen molar-refractivity contribution in [2.45, 2.75) is 6.92 Å². The molecule has 0 aromatic carbocycles. The molecule has 0 radical (unpaired) electrons. The van der Waals surface area contributed by atoms with Gasteiger partial charge in [-0.1, -0.05) is 0 Å². The van der Waals surface area contributed by atoms with Gasteiger partial charge in [-0.3, -0.25) is 14.6 Å². The number of amides is 1. The highest BCUT2D eigenvalue weighted by Gasteiger charge is 2.07. The molecule has 2 aromatic rings. The lowest BCUT2D eigenvalue weighted by Crippen LogP contribution is -2.22. The smallest absolute Gasteiger partial charge is 0.262 e. The van der Waals surface area contributed by atoms with Crippen LogP contribution in [0.5, 0.6) is 5.75 Å². The Balaban J connectivity index is 1.97. The van der Waals surface area contributed by atoms with Crippen LogP contribution in [-0.2, 0) is 11.8 Å². The van der Waals surface area contributed by atoms with E-state index in [1.54, 1.807) is 42.3 Å². The van der Waals surface area contributed by atoms with Gasteiger partial charge in [0.25, 0.3) is 5.91 Å². The molecule has 20 heavy (non-hydrogen) atoms. The normalized spacial score (nSPS) is 10.1. The summed E-state index contributed by atoms with van der Waals surface area (Å²) in [6.07, 6.45) is 4.72. The van der Waals surface area contributed by atoms with E-state index >= 15 is 0 Å². The maximum atomic E-state index is 11.7. The minimum Gasteiger partial charge on any atom is -0.478 e. The second-order valence-corrected chi connectivity index (χ2v) is 4.33. The third-order valence-corrected chi connectivity index (χ3v) is 2.77. The number of hydrogen-bond acceptors (Lipinski definition) is 4. The van der Waals surface area contributed by atoms with Gasteiger partial charge in [-0.05, 0) is 19.1 Å². The molecule has 0 aliphatic rings. The van der Waals surface area contributed by atoms with Crippen LogP contribution in [0.25, 0.3) is 0 Å². The summed E-state index contributed by atoms with van der Waals surface area (Å²) in [6.45, 7) is 1.60. The minimum absolute atomic E-state index is 0.156. The molecule has 0 atom stereocenters. The standard InChI is InChI=1S/C14H15N3O3/c1-10-7-12(18)13(8-17(10)2)20-9-14(19)16-11-3-5-15-6-4-11/h3-8H,9H2,1-2H3,(H,15,16,19). The predicted molar refractivity (Wildman–Crippen MR) is 74.8 cm³/mol. The summed E-state index contributed by atoms with van der Waals surface area (Å²) in [6, 6.07) is 4.81. The SMILES string of the molecule is Cc1cc(=O)c(OCC(=O)Nc2ccncc2)cn1C. The van der Waals surface area contributed by atoms with Crippen molar-refractivity contribution in [1.82, 2.24) is 9.55 Å². The molecule has 6 heteroatoms. The topological polar surface area (TPSA) is 73.2 Å². The van der Waals surface area contributed by atoms with Gasteiger partial charge in [0, 0.05) is 43.1 Å². The number of ether oxygens (including phenoxy) is 1. The monoisotopic (exact) mass is 273 g/mol. The number of pyridine rings is 2. The van der Waals surface area contributed by atoms with Crippen molar-refractivity contribution in [3.63, 3.8) is 0 Å². The van der Waals surface area contributed by atoms with Crippen LogP contribution in [0.2, 0.25) is 0 Å². The van der Waals surface area contributed by atoms with E-state index in [0.29, 0.717) is 5.69 Å². The van der Waals surface area contributed by atoms with E-state index in [2.05, 4.69) is 10.3 Å². The fourth-order valence-electron chi connectivity index (χ4n) is 1.59. The second kappa shape index (κ2) is 6.01. The second-order valence-electron chi connectivity index (χ2n) is 4.33. The van der Waals surface area contributed by atoms with Gasteiger partial charge in [-0.2, -0.15) is 0 Å². The Hall–Kier alpha value is -2.63. The summed E-state index contributed by atoms with van der Waals surface area (Å²) < 4.78 is 7.01. The third-order valence-electron chi connectivity index (χ3n) is 2.77. The molecule has 1 N–H and O–H groups in total. The lowest BCUT2D eigenvalue weighted by Gasteiger charge is -2.09. The Kier molecular flexibility index (Phi) is 4.14. The molecule has 2 heterocycles. The summed E-state index contributed by atoms with van der Waals surface area (Å²) >= 11 is 0. The zero-order chi connectivity index (χ0) is 14.5. The maximum Gasteiger partial charge on any atom is 0.262 e. The van der Waals surface area contributed by atoms with Crippen molar-refractivity contribution in [3.05, 3.63) is 52.7 Å². The number of carbonyl (C=O) groups is 1. The van der Waals surface area contributed by atoms with Crippen LogP contribution in [0.4, 0.5) is 5.69 Å². The van der Waals surface area contributed by atoms with Crippen molar-refractivity contribution in [2.75, 3.05) is 11.9 Å². The summed E-state index contributed by atoms with van der Waals surface area (Å²) in [5, 5.41) is 2.64. The zero-order valence-corrected chi connectivity index (χ0v) is 11.3. The fraction of sp³-hybridized carbons (Fsp3) is 0.214. The number of hydrogen-bond donors (Lipinski definition) is 1. The van der Waals surface area contributed by atoms with Crippen molar-refractivity contribution >= 4 is 11.6 Å². The minimum atomic E-state index is -0.334. The number of carbonyl (C=O) groups excluding carboxylic acids is 1. The van der Waals surface area contributed by atoms with Crippen molar-refractivity contribution < 1.29 is 9.53 Å². The van der Waals surface area contributed by atoms with Gasteiger partial charge in [-0.25, -0.2) is 0 Å². The fourth-order valence-corrected chi connectivity index (χ4v) is 1.59. The average molecular weight is 273 g/mol. The molecule has 0 spiro atoms. The number of aromatic nitrogens is 2. The Morgan fingerprint density at radius 2 is 2.10 bits per heavy atom. The first kappa shape index (κ1) is 13.8. The molecule has 2 rings (SSSR count). The number of nitrogens with one attached hydrogen (secondary N) is 1. The van der Waals surface area contributed by atoms with Crippen molar-refractivity contribution in [1.29, 1.82) is 0 Å². The highest BCUT2D eigenvalue weighted by molar-refractivity contribution is 5.91. The van der Waals surface area contributed by atoms with Crippen LogP contribution in [0, 0.1) is 6.92 Å². The van der Waals surface area contributed by atoms with Gasteiger partial charge in [-0.15, -0.1) is 0 Å². The Labute approximate surface area is 116 Å². The van der Waals surface area contributed by atoms with Gasteiger partial charge >= 0.3 is 0 Å². The largest absolute Gasteiger partial charge is 0.478 e. The molecule has 0 aliphatic carbocycles. The van der Waals surface area contributed by atoms with Gasteiger partial charge < -0.3 is 14.6 Å². The first-order valence-electron chi connectivity index (χ1n) is 6.06. The molecule has 104 valence electrons. The van der Waals surface area contributed by atoms with Crippen LogP contribution >= 0.6 is 0 Å². The third kappa shape index (κ3) is 3.44. The van der Waals surface area contributed by atoms with E-state index in [4.69, 9.17) is 4.74 Å². The Bertz CT molecular complexity index is 665. The van der Waals surface area contributed by atoms with Gasteiger partial charge in [0.05, 0.1) is 0 Å². The summed E-state index contributed by atoms with van der Waals surface area (Å²) in [4.78, 5) is 27.2.